The molecule has 0 amide bonds. The van der Waals surface area contributed by atoms with Crippen molar-refractivity contribution in [1.82, 2.24) is 15.3 Å². The van der Waals surface area contributed by atoms with Crippen LogP contribution in [0.15, 0.2) is 24.0 Å². The Morgan fingerprint density at radius 1 is 1.41 bits per heavy atom. The van der Waals surface area contributed by atoms with Gasteiger partial charge in [0.15, 0.2) is 16.1 Å². The molecule has 1 rings (SSSR count). The number of hydrogen-bond donors (Lipinski definition) is 2. The molecule has 92 valence electrons. The van der Waals surface area contributed by atoms with Crippen molar-refractivity contribution in [2.24, 2.45) is 0 Å². The van der Waals surface area contributed by atoms with Gasteiger partial charge in [-0.15, -0.1) is 0 Å². The van der Waals surface area contributed by atoms with Gasteiger partial charge in [-0.2, -0.15) is 0 Å². The molecule has 6 heteroatoms. The molecule has 2 N–H and O–H groups in total. The predicted molar refractivity (Wildman–Crippen MR) is 75.3 cm³/mol. The highest BCUT2D eigenvalue weighted by Crippen LogP contribution is 2.13. The smallest absolute Gasteiger partial charge is 0.172 e. The van der Waals surface area contributed by atoms with E-state index < -0.39 is 0 Å². The first-order valence-corrected chi connectivity index (χ1v) is 6.03. The summed E-state index contributed by atoms with van der Waals surface area (Å²) in [5.74, 6) is 0.467. The average molecular weight is 271 g/mol. The Morgan fingerprint density at radius 3 is 2.76 bits per heavy atom. The van der Waals surface area contributed by atoms with Crippen LogP contribution in [0.2, 0.25) is 5.15 Å². The molecule has 1 aromatic heterocycles. The summed E-state index contributed by atoms with van der Waals surface area (Å²) in [6.45, 7) is 4.90. The van der Waals surface area contributed by atoms with Crippen molar-refractivity contribution >= 4 is 34.7 Å². The Hall–Kier alpha value is -1.20. The van der Waals surface area contributed by atoms with E-state index in [1.54, 1.807) is 6.20 Å². The van der Waals surface area contributed by atoms with Crippen LogP contribution in [0.3, 0.4) is 0 Å². The second-order valence-electron chi connectivity index (χ2n) is 3.65. The number of aromatic nitrogens is 2. The minimum absolute atomic E-state index is 0.306. The number of nitrogens with one attached hydrogen (secondary N) is 2. The molecule has 4 nitrogen and oxygen atoms in total. The van der Waals surface area contributed by atoms with E-state index in [-0.39, 0.29) is 0 Å². The number of halogens is 1. The zero-order valence-electron chi connectivity index (χ0n) is 9.83. The largest absolute Gasteiger partial charge is 0.362 e. The van der Waals surface area contributed by atoms with Crippen LogP contribution in [-0.4, -0.2) is 21.6 Å². The van der Waals surface area contributed by atoms with E-state index in [0.717, 1.165) is 13.0 Å². The summed E-state index contributed by atoms with van der Waals surface area (Å²) in [7, 11) is 0. The lowest BCUT2D eigenvalue weighted by atomic mass is 10.3. The summed E-state index contributed by atoms with van der Waals surface area (Å²) in [6, 6.07) is 0. The molecule has 0 fully saturated rings. The summed E-state index contributed by atoms with van der Waals surface area (Å²) >= 11 is 10.9. The number of allylic oxidation sites excluding steroid dienone is 1. The molecule has 0 aromatic carbocycles. The molecule has 0 aliphatic carbocycles. The van der Waals surface area contributed by atoms with Crippen LogP contribution in [0.25, 0.3) is 0 Å². The van der Waals surface area contributed by atoms with Crippen LogP contribution in [0.5, 0.6) is 0 Å². The summed E-state index contributed by atoms with van der Waals surface area (Å²) < 4.78 is 0. The van der Waals surface area contributed by atoms with Gasteiger partial charge in [-0.3, -0.25) is 0 Å². The third kappa shape index (κ3) is 5.60. The standard InChI is InChI=1S/C11H15ClN4S/c1-8(2)4-3-5-15-11(17)16-10-9(12)13-6-7-14-10/h4,6-7H,3,5H2,1-2H3,(H2,14,15,16,17). The molecule has 0 spiro atoms. The van der Waals surface area contributed by atoms with Crippen LogP contribution in [-0.2, 0) is 0 Å². The van der Waals surface area contributed by atoms with Crippen LogP contribution in [0.1, 0.15) is 20.3 Å². The molecule has 0 saturated carbocycles. The number of hydrogen-bond acceptors (Lipinski definition) is 3. The van der Waals surface area contributed by atoms with E-state index in [4.69, 9.17) is 23.8 Å². The molecule has 0 saturated heterocycles. The second-order valence-corrected chi connectivity index (χ2v) is 4.41. The van der Waals surface area contributed by atoms with Crippen LogP contribution in [0.4, 0.5) is 5.82 Å². The van der Waals surface area contributed by atoms with Crippen molar-refractivity contribution in [3.05, 3.63) is 29.2 Å². The molecule has 0 aliphatic heterocycles. The number of nitrogens with zero attached hydrogens (tertiary/aromatic N) is 2. The summed E-state index contributed by atoms with van der Waals surface area (Å²) in [4.78, 5) is 7.93. The van der Waals surface area contributed by atoms with Crippen molar-refractivity contribution in [2.45, 2.75) is 20.3 Å². The van der Waals surface area contributed by atoms with Gasteiger partial charge in [0, 0.05) is 18.9 Å². The van der Waals surface area contributed by atoms with Crippen LogP contribution in [0, 0.1) is 0 Å². The van der Waals surface area contributed by atoms with Gasteiger partial charge >= 0.3 is 0 Å². The van der Waals surface area contributed by atoms with Crippen molar-refractivity contribution in [3.8, 4) is 0 Å². The SMILES string of the molecule is CC(C)=CCCNC(=S)Nc1nccnc1Cl. The maximum absolute atomic E-state index is 5.84. The van der Waals surface area contributed by atoms with Gasteiger partial charge < -0.3 is 10.6 Å². The quantitative estimate of drug-likeness (QED) is 0.501. The van der Waals surface area contributed by atoms with Crippen LogP contribution < -0.4 is 10.6 Å². The molecule has 17 heavy (non-hydrogen) atoms. The van der Waals surface area contributed by atoms with Gasteiger partial charge in [-0.05, 0) is 32.5 Å². The minimum Gasteiger partial charge on any atom is -0.362 e. The fraction of sp³-hybridized carbons (Fsp3) is 0.364. The van der Waals surface area contributed by atoms with Crippen molar-refractivity contribution in [3.63, 3.8) is 0 Å². The van der Waals surface area contributed by atoms with Crippen molar-refractivity contribution in [2.75, 3.05) is 11.9 Å². The Bertz CT molecular complexity index is 416. The highest BCUT2D eigenvalue weighted by atomic mass is 35.5. The molecule has 1 heterocycles. The minimum atomic E-state index is 0.306. The lowest BCUT2D eigenvalue weighted by molar-refractivity contribution is 0.891. The molecular weight excluding hydrogens is 256 g/mol. The van der Waals surface area contributed by atoms with Gasteiger partial charge in [0.1, 0.15) is 0 Å². The molecule has 0 bridgehead atoms. The third-order valence-electron chi connectivity index (χ3n) is 1.87. The lowest BCUT2D eigenvalue weighted by Crippen LogP contribution is -2.29. The number of thiocarbonyl (C=S) groups is 1. The van der Waals surface area contributed by atoms with E-state index in [9.17, 15) is 0 Å². The summed E-state index contributed by atoms with van der Waals surface area (Å²) in [5.41, 5.74) is 1.29. The zero-order chi connectivity index (χ0) is 12.7. The van der Waals surface area contributed by atoms with Gasteiger partial charge in [0.05, 0.1) is 0 Å². The van der Waals surface area contributed by atoms with Gasteiger partial charge in [-0.1, -0.05) is 23.3 Å². The van der Waals surface area contributed by atoms with E-state index in [2.05, 4.69) is 40.5 Å². The number of rotatable bonds is 4. The van der Waals surface area contributed by atoms with E-state index in [1.165, 1.54) is 11.8 Å². The number of anilines is 1. The molecule has 0 atom stereocenters. The van der Waals surface area contributed by atoms with Crippen molar-refractivity contribution < 1.29 is 0 Å². The lowest BCUT2D eigenvalue weighted by Gasteiger charge is -2.09. The van der Waals surface area contributed by atoms with E-state index >= 15 is 0 Å². The van der Waals surface area contributed by atoms with Gasteiger partial charge in [0.25, 0.3) is 0 Å². The zero-order valence-corrected chi connectivity index (χ0v) is 11.4. The highest BCUT2D eigenvalue weighted by molar-refractivity contribution is 7.80. The normalized spacial score (nSPS) is 9.59. The summed E-state index contributed by atoms with van der Waals surface area (Å²) in [5, 5.41) is 6.76. The fourth-order valence-electron chi connectivity index (χ4n) is 1.10. The van der Waals surface area contributed by atoms with Gasteiger partial charge in [0.2, 0.25) is 0 Å². The Morgan fingerprint density at radius 2 is 2.12 bits per heavy atom. The third-order valence-corrected chi connectivity index (χ3v) is 2.39. The van der Waals surface area contributed by atoms with Crippen LogP contribution >= 0.6 is 23.8 Å². The maximum atomic E-state index is 5.84. The first kappa shape index (κ1) is 13.9. The average Bonchev–Trinajstić information content (AvgIpc) is 2.27. The first-order chi connectivity index (χ1) is 8.09. The maximum Gasteiger partial charge on any atom is 0.172 e. The molecular formula is C11H15ClN4S. The molecule has 0 unspecified atom stereocenters. The summed E-state index contributed by atoms with van der Waals surface area (Å²) in [6.07, 6.45) is 6.15. The molecule has 1 aromatic rings. The Balaban J connectivity index is 2.35. The Kier molecular flexibility index (Phi) is 5.86. The fourth-order valence-corrected chi connectivity index (χ4v) is 1.45. The topological polar surface area (TPSA) is 49.8 Å². The molecule has 0 aliphatic rings. The first-order valence-electron chi connectivity index (χ1n) is 5.24. The monoisotopic (exact) mass is 270 g/mol. The van der Waals surface area contributed by atoms with Crippen molar-refractivity contribution in [1.29, 1.82) is 0 Å². The highest BCUT2D eigenvalue weighted by Gasteiger charge is 2.03. The molecule has 0 radical (unpaired) electrons. The Labute approximate surface area is 111 Å². The van der Waals surface area contributed by atoms with E-state index in [1.807, 2.05) is 0 Å². The van der Waals surface area contributed by atoms with Gasteiger partial charge in [-0.25, -0.2) is 9.97 Å². The predicted octanol–water partition coefficient (Wildman–Crippen LogP) is 2.77. The van der Waals surface area contributed by atoms with E-state index in [0.29, 0.717) is 16.1 Å². The second kappa shape index (κ2) is 7.19.